The Morgan fingerprint density at radius 1 is 1.13 bits per heavy atom. The number of benzene rings is 2. The topological polar surface area (TPSA) is 84.7 Å². The monoisotopic (exact) mass is 431 g/mol. The third-order valence-electron chi connectivity index (χ3n) is 5.12. The van der Waals surface area contributed by atoms with Crippen LogP contribution in [0.25, 0.3) is 0 Å². The quantitative estimate of drug-likeness (QED) is 0.655. The second-order valence-corrected chi connectivity index (χ2v) is 7.37. The molecule has 0 radical (unpaired) electrons. The fourth-order valence-electron chi connectivity index (χ4n) is 3.49. The van der Waals surface area contributed by atoms with Gasteiger partial charge < -0.3 is 20.7 Å². The Labute approximate surface area is 184 Å². The first-order chi connectivity index (χ1) is 14.1. The number of hydrogen-bond acceptors (Lipinski definition) is 4. The zero-order valence-electron chi connectivity index (χ0n) is 17.3. The van der Waals surface area contributed by atoms with Gasteiger partial charge in [-0.3, -0.25) is 9.59 Å². The van der Waals surface area contributed by atoms with E-state index in [1.54, 1.807) is 18.2 Å². The lowest BCUT2D eigenvalue weighted by Gasteiger charge is -2.32. The molecular weight excluding hydrogens is 402 g/mol. The van der Waals surface area contributed by atoms with Crippen molar-refractivity contribution in [2.75, 3.05) is 31.6 Å². The summed E-state index contributed by atoms with van der Waals surface area (Å²) in [7, 11) is 0. The molecule has 0 aliphatic carbocycles. The average molecular weight is 432 g/mol. The van der Waals surface area contributed by atoms with Crippen LogP contribution in [0.1, 0.15) is 45.5 Å². The van der Waals surface area contributed by atoms with Gasteiger partial charge in [-0.1, -0.05) is 29.8 Å². The van der Waals surface area contributed by atoms with E-state index in [9.17, 15) is 9.59 Å². The lowest BCUT2D eigenvalue weighted by Crippen LogP contribution is -2.41. The number of nitrogens with two attached hydrogens (primary N) is 1. The van der Waals surface area contributed by atoms with Gasteiger partial charge in [0.05, 0.1) is 17.4 Å². The van der Waals surface area contributed by atoms with Crippen LogP contribution in [0.4, 0.5) is 5.69 Å². The Morgan fingerprint density at radius 2 is 1.87 bits per heavy atom. The van der Waals surface area contributed by atoms with Crippen molar-refractivity contribution in [3.8, 4) is 0 Å². The maximum Gasteiger partial charge on any atom is 0.255 e. The van der Waals surface area contributed by atoms with Crippen molar-refractivity contribution in [2.24, 2.45) is 5.73 Å². The highest BCUT2D eigenvalue weighted by Crippen LogP contribution is 2.22. The lowest BCUT2D eigenvalue weighted by atomic mass is 10.0. The molecule has 1 aliphatic rings. The highest BCUT2D eigenvalue weighted by atomic mass is 35.5. The lowest BCUT2D eigenvalue weighted by molar-refractivity contribution is 0.00847. The van der Waals surface area contributed by atoms with E-state index < -0.39 is 0 Å². The van der Waals surface area contributed by atoms with Crippen LogP contribution in [0.15, 0.2) is 48.5 Å². The summed E-state index contributed by atoms with van der Waals surface area (Å²) in [5.41, 5.74) is 8.13. The van der Waals surface area contributed by atoms with Crippen molar-refractivity contribution in [1.29, 1.82) is 0 Å². The number of halogens is 1. The van der Waals surface area contributed by atoms with Gasteiger partial charge in [0.2, 0.25) is 0 Å². The number of hydrogen-bond donors (Lipinski definition) is 2. The van der Waals surface area contributed by atoms with E-state index in [2.05, 4.69) is 5.32 Å². The van der Waals surface area contributed by atoms with Gasteiger partial charge in [-0.05, 0) is 57.0 Å². The number of carbonyl (C=O) groups excluding carboxylic acids is 2. The highest BCUT2D eigenvalue weighted by molar-refractivity contribution is 6.09. The van der Waals surface area contributed by atoms with Crippen LogP contribution >= 0.6 is 12.4 Å². The molecule has 0 unspecified atom stereocenters. The number of carbonyl (C=O) groups is 2. The van der Waals surface area contributed by atoms with Gasteiger partial charge >= 0.3 is 0 Å². The predicted octanol–water partition coefficient (Wildman–Crippen LogP) is 3.64. The second kappa shape index (κ2) is 11.7. The number of rotatable bonds is 7. The molecule has 1 heterocycles. The zero-order chi connectivity index (χ0) is 20.6. The molecule has 0 bridgehead atoms. The fourth-order valence-corrected chi connectivity index (χ4v) is 3.49. The number of ether oxygens (including phenoxy) is 1. The van der Waals surface area contributed by atoms with Crippen molar-refractivity contribution in [3.05, 3.63) is 65.2 Å². The highest BCUT2D eigenvalue weighted by Gasteiger charge is 2.25. The van der Waals surface area contributed by atoms with Crippen molar-refractivity contribution in [3.63, 3.8) is 0 Å². The molecule has 0 saturated carbocycles. The Balaban J connectivity index is 0.00000320. The molecule has 3 N–H and O–H groups in total. The molecule has 6 nitrogen and oxygen atoms in total. The van der Waals surface area contributed by atoms with Gasteiger partial charge in [0.25, 0.3) is 11.8 Å². The summed E-state index contributed by atoms with van der Waals surface area (Å²) < 4.78 is 5.82. The standard InChI is InChI=1S/C23H29N3O3.ClH/c1-17-6-4-7-18(16-17)22(27)25-21-9-3-2-8-20(21)23(28)26-13-10-19(11-14-26)29-15-5-12-24;/h2-4,6-9,16,19H,5,10-15,24H2,1H3,(H,25,27);1H. The molecule has 1 saturated heterocycles. The number of piperidine rings is 1. The minimum Gasteiger partial charge on any atom is -0.378 e. The first kappa shape index (κ1) is 23.9. The van der Waals surface area contributed by atoms with Crippen LogP contribution in [0.5, 0.6) is 0 Å². The average Bonchev–Trinajstić information content (AvgIpc) is 2.74. The summed E-state index contributed by atoms with van der Waals surface area (Å²) in [5.74, 6) is -0.286. The van der Waals surface area contributed by atoms with E-state index in [1.807, 2.05) is 42.2 Å². The third-order valence-corrected chi connectivity index (χ3v) is 5.12. The van der Waals surface area contributed by atoms with Crippen LogP contribution in [-0.2, 0) is 4.74 Å². The number of aryl methyl sites for hydroxylation is 1. The van der Waals surface area contributed by atoms with Crippen molar-refractivity contribution < 1.29 is 14.3 Å². The Morgan fingerprint density at radius 3 is 2.57 bits per heavy atom. The second-order valence-electron chi connectivity index (χ2n) is 7.37. The normalized spacial score (nSPS) is 14.1. The Bertz CT molecular complexity index is 851. The van der Waals surface area contributed by atoms with Crippen LogP contribution in [0.3, 0.4) is 0 Å². The molecule has 2 aromatic carbocycles. The number of nitrogens with one attached hydrogen (secondary N) is 1. The van der Waals surface area contributed by atoms with E-state index >= 15 is 0 Å². The molecule has 7 heteroatoms. The molecule has 0 atom stereocenters. The number of amides is 2. The van der Waals surface area contributed by atoms with E-state index in [-0.39, 0.29) is 30.3 Å². The Kier molecular flexibility index (Phi) is 9.30. The predicted molar refractivity (Wildman–Crippen MR) is 121 cm³/mol. The van der Waals surface area contributed by atoms with Crippen LogP contribution in [-0.4, -0.2) is 49.1 Å². The molecule has 1 aliphatic heterocycles. The summed E-state index contributed by atoms with van der Waals surface area (Å²) >= 11 is 0. The summed E-state index contributed by atoms with van der Waals surface area (Å²) in [6.07, 6.45) is 2.66. The largest absolute Gasteiger partial charge is 0.378 e. The van der Waals surface area contributed by atoms with Gasteiger partial charge in [-0.2, -0.15) is 0 Å². The molecule has 0 aromatic heterocycles. The third kappa shape index (κ3) is 6.29. The number of likely N-dealkylation sites (tertiary alicyclic amines) is 1. The molecule has 1 fully saturated rings. The maximum atomic E-state index is 13.1. The number of para-hydroxylation sites is 1. The minimum absolute atomic E-state index is 0. The molecule has 162 valence electrons. The van der Waals surface area contributed by atoms with E-state index in [1.165, 1.54) is 0 Å². The molecule has 2 amide bonds. The van der Waals surface area contributed by atoms with Gasteiger partial charge in [-0.15, -0.1) is 12.4 Å². The van der Waals surface area contributed by atoms with E-state index in [4.69, 9.17) is 10.5 Å². The molecule has 2 aromatic rings. The van der Waals surface area contributed by atoms with Crippen LogP contribution < -0.4 is 11.1 Å². The van der Waals surface area contributed by atoms with Gasteiger partial charge in [0, 0.05) is 25.3 Å². The van der Waals surface area contributed by atoms with Crippen LogP contribution in [0.2, 0.25) is 0 Å². The maximum absolute atomic E-state index is 13.1. The summed E-state index contributed by atoms with van der Waals surface area (Å²) in [6.45, 7) is 4.53. The number of nitrogens with zero attached hydrogens (tertiary/aromatic N) is 1. The van der Waals surface area contributed by atoms with Gasteiger partial charge in [0.15, 0.2) is 0 Å². The summed E-state index contributed by atoms with van der Waals surface area (Å²) in [6, 6.07) is 14.6. The first-order valence-corrected chi connectivity index (χ1v) is 10.2. The van der Waals surface area contributed by atoms with Crippen LogP contribution in [0, 0.1) is 6.92 Å². The number of anilines is 1. The Hall–Kier alpha value is -2.41. The summed E-state index contributed by atoms with van der Waals surface area (Å²) in [4.78, 5) is 27.5. The summed E-state index contributed by atoms with van der Waals surface area (Å²) in [5, 5.41) is 2.89. The molecular formula is C23H30ClN3O3. The fraction of sp³-hybridized carbons (Fsp3) is 0.391. The van der Waals surface area contributed by atoms with E-state index in [0.717, 1.165) is 24.8 Å². The SMILES string of the molecule is Cc1cccc(C(=O)Nc2ccccc2C(=O)N2CCC(OCCCN)CC2)c1.Cl. The zero-order valence-corrected chi connectivity index (χ0v) is 18.1. The first-order valence-electron chi connectivity index (χ1n) is 10.2. The van der Waals surface area contributed by atoms with Gasteiger partial charge in [0.1, 0.15) is 0 Å². The molecule has 3 rings (SSSR count). The molecule has 30 heavy (non-hydrogen) atoms. The van der Waals surface area contributed by atoms with Crippen molar-refractivity contribution in [2.45, 2.75) is 32.3 Å². The molecule has 0 spiro atoms. The van der Waals surface area contributed by atoms with Crippen molar-refractivity contribution in [1.82, 2.24) is 4.90 Å². The van der Waals surface area contributed by atoms with E-state index in [0.29, 0.717) is 43.1 Å². The van der Waals surface area contributed by atoms with Crippen molar-refractivity contribution >= 4 is 29.9 Å². The minimum atomic E-state index is -0.221. The smallest absolute Gasteiger partial charge is 0.255 e. The van der Waals surface area contributed by atoms with Gasteiger partial charge in [-0.25, -0.2) is 0 Å².